The van der Waals surface area contributed by atoms with E-state index in [1.807, 2.05) is 43.3 Å². The summed E-state index contributed by atoms with van der Waals surface area (Å²) in [5.41, 5.74) is 1.24. The molecule has 0 saturated heterocycles. The highest BCUT2D eigenvalue weighted by Crippen LogP contribution is 2.16. The fourth-order valence-corrected chi connectivity index (χ4v) is 2.12. The lowest BCUT2D eigenvalue weighted by molar-refractivity contribution is 0.809. The molecule has 0 bridgehead atoms. The van der Waals surface area contributed by atoms with Gasteiger partial charge >= 0.3 is 0 Å². The fourth-order valence-electron chi connectivity index (χ4n) is 1.91. The lowest BCUT2D eigenvalue weighted by atomic mass is 10.2. The number of anilines is 2. The summed E-state index contributed by atoms with van der Waals surface area (Å²) in [5, 5.41) is 0. The Bertz CT molecular complexity index is 530. The van der Waals surface area contributed by atoms with Crippen molar-refractivity contribution in [3.8, 4) is 0 Å². The highest BCUT2D eigenvalue weighted by molar-refractivity contribution is 6.18. The van der Waals surface area contributed by atoms with E-state index in [4.69, 9.17) is 11.6 Å². The van der Waals surface area contributed by atoms with Gasteiger partial charge in [-0.25, -0.2) is 4.98 Å². The Hall–Kier alpha value is -1.81. The Balaban J connectivity index is 2.21. The maximum Gasteiger partial charge on any atom is 0.226 e. The summed E-state index contributed by atoms with van der Waals surface area (Å²) in [5.74, 6) is 2.16. The minimum atomic E-state index is 0.564. The lowest BCUT2D eigenvalue weighted by Crippen LogP contribution is -2.26. The molecule has 0 fully saturated rings. The number of nitrogens with zero attached hydrogens (tertiary/aromatic N) is 4. The van der Waals surface area contributed by atoms with Gasteiger partial charge in [0.25, 0.3) is 0 Å². The molecule has 106 valence electrons. The summed E-state index contributed by atoms with van der Waals surface area (Å²) in [6, 6.07) is 12.2. The summed E-state index contributed by atoms with van der Waals surface area (Å²) < 4.78 is 0. The number of hydrogen-bond acceptors (Lipinski definition) is 4. The summed E-state index contributed by atoms with van der Waals surface area (Å²) in [4.78, 5) is 12.9. The van der Waals surface area contributed by atoms with E-state index in [0.29, 0.717) is 11.8 Å². The van der Waals surface area contributed by atoms with E-state index >= 15 is 0 Å². The Morgan fingerprint density at radius 2 is 1.85 bits per heavy atom. The van der Waals surface area contributed by atoms with Gasteiger partial charge in [-0.05, 0) is 11.6 Å². The van der Waals surface area contributed by atoms with Gasteiger partial charge in [0.2, 0.25) is 5.95 Å². The van der Waals surface area contributed by atoms with Crippen LogP contribution in [0.25, 0.3) is 0 Å². The van der Waals surface area contributed by atoms with Gasteiger partial charge in [0, 0.05) is 39.3 Å². The summed E-state index contributed by atoms with van der Waals surface area (Å²) in [6.07, 6.45) is 1.78. The van der Waals surface area contributed by atoms with Crippen LogP contribution in [0.5, 0.6) is 0 Å². The molecule has 0 aliphatic heterocycles. The molecule has 0 radical (unpaired) electrons. The zero-order valence-electron chi connectivity index (χ0n) is 11.8. The van der Waals surface area contributed by atoms with Crippen molar-refractivity contribution in [3.63, 3.8) is 0 Å². The van der Waals surface area contributed by atoms with Gasteiger partial charge in [-0.2, -0.15) is 4.98 Å². The predicted octanol–water partition coefficient (Wildman–Crippen LogP) is 2.79. The Kier molecular flexibility index (Phi) is 5.18. The maximum atomic E-state index is 5.92. The first-order valence-electron chi connectivity index (χ1n) is 6.56. The molecule has 1 aromatic heterocycles. The van der Waals surface area contributed by atoms with Gasteiger partial charge in [-0.15, -0.1) is 11.6 Å². The Morgan fingerprint density at radius 1 is 1.10 bits per heavy atom. The molecule has 2 aromatic rings. The van der Waals surface area contributed by atoms with Gasteiger partial charge in [0.1, 0.15) is 5.82 Å². The number of hydrogen-bond donors (Lipinski definition) is 0. The first kappa shape index (κ1) is 14.6. The van der Waals surface area contributed by atoms with Gasteiger partial charge in [-0.1, -0.05) is 30.3 Å². The molecule has 0 atom stereocenters. The standard InChI is InChI=1S/C15H19ClN4/c1-19(2)15-17-10-8-14(18-15)20(11-9-16)12-13-6-4-3-5-7-13/h3-8,10H,9,11-12H2,1-2H3. The third-order valence-electron chi connectivity index (χ3n) is 2.92. The van der Waals surface area contributed by atoms with Crippen LogP contribution in [-0.2, 0) is 6.54 Å². The zero-order chi connectivity index (χ0) is 14.4. The van der Waals surface area contributed by atoms with Crippen molar-refractivity contribution >= 4 is 23.4 Å². The minimum absolute atomic E-state index is 0.564. The Morgan fingerprint density at radius 3 is 2.50 bits per heavy atom. The number of alkyl halides is 1. The molecule has 0 spiro atoms. The number of halogens is 1. The smallest absolute Gasteiger partial charge is 0.226 e. The quantitative estimate of drug-likeness (QED) is 0.766. The van der Waals surface area contributed by atoms with Crippen molar-refractivity contribution in [2.45, 2.75) is 6.54 Å². The largest absolute Gasteiger partial charge is 0.351 e. The van der Waals surface area contributed by atoms with Crippen molar-refractivity contribution in [1.29, 1.82) is 0 Å². The molecule has 4 nitrogen and oxygen atoms in total. The van der Waals surface area contributed by atoms with Crippen LogP contribution in [0.15, 0.2) is 42.6 Å². The normalized spacial score (nSPS) is 10.3. The monoisotopic (exact) mass is 290 g/mol. The molecule has 0 saturated carbocycles. The molecule has 0 amide bonds. The van der Waals surface area contributed by atoms with Crippen LogP contribution in [0.4, 0.5) is 11.8 Å². The van der Waals surface area contributed by atoms with E-state index in [1.54, 1.807) is 6.20 Å². The van der Waals surface area contributed by atoms with Gasteiger partial charge in [0.05, 0.1) is 0 Å². The summed E-state index contributed by atoms with van der Waals surface area (Å²) in [7, 11) is 3.87. The minimum Gasteiger partial charge on any atom is -0.351 e. The van der Waals surface area contributed by atoms with E-state index in [1.165, 1.54) is 5.56 Å². The van der Waals surface area contributed by atoms with Crippen molar-refractivity contribution in [2.24, 2.45) is 0 Å². The van der Waals surface area contributed by atoms with Crippen molar-refractivity contribution in [1.82, 2.24) is 9.97 Å². The van der Waals surface area contributed by atoms with E-state index in [0.717, 1.165) is 18.9 Å². The molecule has 1 aromatic carbocycles. The predicted molar refractivity (Wildman–Crippen MR) is 84.6 cm³/mol. The number of aromatic nitrogens is 2. The van der Waals surface area contributed by atoms with Gasteiger partial charge in [-0.3, -0.25) is 0 Å². The topological polar surface area (TPSA) is 32.3 Å². The van der Waals surface area contributed by atoms with Gasteiger partial charge < -0.3 is 9.80 Å². The number of benzene rings is 1. The van der Waals surface area contributed by atoms with E-state index in [-0.39, 0.29) is 0 Å². The van der Waals surface area contributed by atoms with Crippen LogP contribution in [0.1, 0.15) is 5.56 Å². The zero-order valence-corrected chi connectivity index (χ0v) is 12.6. The van der Waals surface area contributed by atoms with Crippen LogP contribution in [0.3, 0.4) is 0 Å². The third-order valence-corrected chi connectivity index (χ3v) is 3.09. The fraction of sp³-hybridized carbons (Fsp3) is 0.333. The Labute approximate surface area is 125 Å². The highest BCUT2D eigenvalue weighted by atomic mass is 35.5. The third kappa shape index (κ3) is 3.84. The molecule has 0 aliphatic carbocycles. The molecule has 0 aliphatic rings. The second-order valence-corrected chi connectivity index (χ2v) is 5.08. The molecule has 2 rings (SSSR count). The average Bonchev–Trinajstić information content (AvgIpc) is 2.48. The van der Waals surface area contributed by atoms with Gasteiger partial charge in [0.15, 0.2) is 0 Å². The van der Waals surface area contributed by atoms with Crippen molar-refractivity contribution < 1.29 is 0 Å². The van der Waals surface area contributed by atoms with E-state index in [9.17, 15) is 0 Å². The first-order chi connectivity index (χ1) is 9.70. The molecule has 0 N–H and O–H groups in total. The van der Waals surface area contributed by atoms with Crippen LogP contribution in [0, 0.1) is 0 Å². The lowest BCUT2D eigenvalue weighted by Gasteiger charge is -2.23. The molecule has 20 heavy (non-hydrogen) atoms. The first-order valence-corrected chi connectivity index (χ1v) is 7.09. The van der Waals surface area contributed by atoms with Crippen molar-refractivity contribution in [2.75, 3.05) is 36.3 Å². The second-order valence-electron chi connectivity index (χ2n) is 4.71. The SMILES string of the molecule is CN(C)c1nccc(N(CCCl)Cc2ccccc2)n1. The van der Waals surface area contributed by atoms with Crippen LogP contribution in [-0.4, -0.2) is 36.5 Å². The maximum absolute atomic E-state index is 5.92. The molecule has 0 unspecified atom stereocenters. The average molecular weight is 291 g/mol. The second kappa shape index (κ2) is 7.10. The van der Waals surface area contributed by atoms with E-state index in [2.05, 4.69) is 27.0 Å². The highest BCUT2D eigenvalue weighted by Gasteiger charge is 2.10. The molecular weight excluding hydrogens is 272 g/mol. The molecule has 5 heteroatoms. The number of rotatable bonds is 6. The van der Waals surface area contributed by atoms with Crippen LogP contribution < -0.4 is 9.80 Å². The molecular formula is C15H19ClN4. The van der Waals surface area contributed by atoms with Crippen LogP contribution in [0.2, 0.25) is 0 Å². The van der Waals surface area contributed by atoms with E-state index < -0.39 is 0 Å². The summed E-state index contributed by atoms with van der Waals surface area (Å²) in [6.45, 7) is 1.54. The summed E-state index contributed by atoms with van der Waals surface area (Å²) >= 11 is 5.92. The van der Waals surface area contributed by atoms with Crippen LogP contribution >= 0.6 is 11.6 Å². The molecule has 1 heterocycles. The van der Waals surface area contributed by atoms with Crippen molar-refractivity contribution in [3.05, 3.63) is 48.2 Å².